The lowest BCUT2D eigenvalue weighted by Gasteiger charge is -2.31. The van der Waals surface area contributed by atoms with Gasteiger partial charge in [0.05, 0.1) is 11.9 Å². The summed E-state index contributed by atoms with van der Waals surface area (Å²) in [6.07, 6.45) is 8.71. The second-order valence-electron chi connectivity index (χ2n) is 6.72. The Balaban J connectivity index is 1.37. The SMILES string of the molecule is c1ccc(Cc2cn[nH]c2C2CCN(Cc3ccncn3)CC2)cc1. The predicted molar refractivity (Wildman–Crippen MR) is 97.1 cm³/mol. The van der Waals surface area contributed by atoms with Crippen LogP contribution in [-0.4, -0.2) is 38.2 Å². The highest BCUT2D eigenvalue weighted by molar-refractivity contribution is 5.29. The Labute approximate surface area is 148 Å². The van der Waals surface area contributed by atoms with E-state index in [9.17, 15) is 0 Å². The van der Waals surface area contributed by atoms with E-state index < -0.39 is 0 Å². The third kappa shape index (κ3) is 3.94. The summed E-state index contributed by atoms with van der Waals surface area (Å²) in [4.78, 5) is 10.8. The van der Waals surface area contributed by atoms with Gasteiger partial charge in [-0.15, -0.1) is 0 Å². The van der Waals surface area contributed by atoms with Gasteiger partial charge in [-0.3, -0.25) is 10.00 Å². The monoisotopic (exact) mass is 333 g/mol. The molecule has 0 saturated carbocycles. The Hall–Kier alpha value is -2.53. The number of benzene rings is 1. The fourth-order valence-corrected chi connectivity index (χ4v) is 3.65. The van der Waals surface area contributed by atoms with Gasteiger partial charge in [0, 0.05) is 30.8 Å². The van der Waals surface area contributed by atoms with Crippen LogP contribution in [0.5, 0.6) is 0 Å². The average Bonchev–Trinajstić information content (AvgIpc) is 3.12. The Kier molecular flexibility index (Phi) is 4.84. The molecule has 1 aliphatic rings. The maximum absolute atomic E-state index is 4.33. The van der Waals surface area contributed by atoms with E-state index >= 15 is 0 Å². The summed E-state index contributed by atoms with van der Waals surface area (Å²) >= 11 is 0. The van der Waals surface area contributed by atoms with Crippen LogP contribution in [0.2, 0.25) is 0 Å². The molecule has 5 nitrogen and oxygen atoms in total. The van der Waals surface area contributed by atoms with Crippen molar-refractivity contribution in [3.63, 3.8) is 0 Å². The van der Waals surface area contributed by atoms with Crippen LogP contribution in [0.25, 0.3) is 0 Å². The zero-order valence-electron chi connectivity index (χ0n) is 14.3. The molecule has 1 aromatic carbocycles. The van der Waals surface area contributed by atoms with Crippen LogP contribution in [0.3, 0.4) is 0 Å². The van der Waals surface area contributed by atoms with Crippen LogP contribution < -0.4 is 0 Å². The van der Waals surface area contributed by atoms with E-state index in [4.69, 9.17) is 0 Å². The molecule has 3 aromatic rings. The zero-order valence-corrected chi connectivity index (χ0v) is 14.3. The average molecular weight is 333 g/mol. The van der Waals surface area contributed by atoms with Gasteiger partial charge in [0.2, 0.25) is 0 Å². The number of aromatic nitrogens is 4. The largest absolute Gasteiger partial charge is 0.297 e. The number of aromatic amines is 1. The van der Waals surface area contributed by atoms with Crippen molar-refractivity contribution in [3.8, 4) is 0 Å². The molecule has 128 valence electrons. The molecule has 0 atom stereocenters. The van der Waals surface area contributed by atoms with Crippen LogP contribution in [0.1, 0.15) is 41.3 Å². The number of H-pyrrole nitrogens is 1. The van der Waals surface area contributed by atoms with Gasteiger partial charge in [-0.25, -0.2) is 9.97 Å². The molecule has 0 unspecified atom stereocenters. The second kappa shape index (κ2) is 7.57. The highest BCUT2D eigenvalue weighted by atomic mass is 15.1. The Morgan fingerprint density at radius 2 is 1.92 bits per heavy atom. The van der Waals surface area contributed by atoms with E-state index in [1.54, 1.807) is 6.33 Å². The van der Waals surface area contributed by atoms with Gasteiger partial charge in [-0.1, -0.05) is 30.3 Å². The Bertz CT molecular complexity index is 776. The van der Waals surface area contributed by atoms with Gasteiger partial charge < -0.3 is 0 Å². The van der Waals surface area contributed by atoms with Gasteiger partial charge in [0.1, 0.15) is 6.33 Å². The van der Waals surface area contributed by atoms with E-state index in [-0.39, 0.29) is 0 Å². The minimum absolute atomic E-state index is 0.572. The normalized spacial score (nSPS) is 16.2. The molecule has 1 aliphatic heterocycles. The van der Waals surface area contributed by atoms with Gasteiger partial charge in [-0.05, 0) is 43.1 Å². The van der Waals surface area contributed by atoms with E-state index in [0.717, 1.165) is 44.6 Å². The molecule has 25 heavy (non-hydrogen) atoms. The summed E-state index contributed by atoms with van der Waals surface area (Å²) in [5.74, 6) is 0.572. The summed E-state index contributed by atoms with van der Waals surface area (Å²) in [7, 11) is 0. The van der Waals surface area contributed by atoms with E-state index in [0.29, 0.717) is 5.92 Å². The molecule has 1 N–H and O–H groups in total. The lowest BCUT2D eigenvalue weighted by Crippen LogP contribution is -2.33. The van der Waals surface area contributed by atoms with Crippen LogP contribution in [-0.2, 0) is 13.0 Å². The number of piperidine rings is 1. The first-order valence-corrected chi connectivity index (χ1v) is 8.92. The minimum Gasteiger partial charge on any atom is -0.297 e. The maximum Gasteiger partial charge on any atom is 0.115 e. The van der Waals surface area contributed by atoms with E-state index in [2.05, 4.69) is 55.4 Å². The number of hydrogen-bond donors (Lipinski definition) is 1. The van der Waals surface area contributed by atoms with E-state index in [1.165, 1.54) is 16.8 Å². The highest BCUT2D eigenvalue weighted by Gasteiger charge is 2.24. The van der Waals surface area contributed by atoms with Crippen molar-refractivity contribution in [2.75, 3.05) is 13.1 Å². The molecule has 4 rings (SSSR count). The minimum atomic E-state index is 0.572. The molecule has 1 fully saturated rings. The lowest BCUT2D eigenvalue weighted by molar-refractivity contribution is 0.201. The van der Waals surface area contributed by atoms with Crippen LogP contribution in [0.15, 0.2) is 55.1 Å². The Morgan fingerprint density at radius 3 is 2.68 bits per heavy atom. The summed E-state index contributed by atoms with van der Waals surface area (Å²) in [6.45, 7) is 3.10. The number of nitrogens with one attached hydrogen (secondary N) is 1. The topological polar surface area (TPSA) is 57.7 Å². The quantitative estimate of drug-likeness (QED) is 0.779. The summed E-state index contributed by atoms with van der Waals surface area (Å²) in [6, 6.07) is 12.6. The third-order valence-electron chi connectivity index (χ3n) is 5.01. The summed E-state index contributed by atoms with van der Waals surface area (Å²) in [5.41, 5.74) is 5.09. The van der Waals surface area contributed by atoms with E-state index in [1.807, 2.05) is 18.5 Å². The van der Waals surface area contributed by atoms with Crippen molar-refractivity contribution in [3.05, 3.63) is 77.6 Å². The standard InChI is InChI=1S/C20H23N5/c1-2-4-16(5-3-1)12-18-13-23-24-20(18)17-7-10-25(11-8-17)14-19-6-9-21-15-22-19/h1-6,9,13,15,17H,7-8,10-12,14H2,(H,23,24). The van der Waals surface area contributed by atoms with Gasteiger partial charge in [0.25, 0.3) is 0 Å². The van der Waals surface area contributed by atoms with Gasteiger partial charge in [0.15, 0.2) is 0 Å². The molecule has 1 saturated heterocycles. The summed E-state index contributed by atoms with van der Waals surface area (Å²) < 4.78 is 0. The molecule has 3 heterocycles. The Morgan fingerprint density at radius 1 is 1.08 bits per heavy atom. The van der Waals surface area contributed by atoms with Gasteiger partial charge >= 0.3 is 0 Å². The first kappa shape index (κ1) is 16.0. The zero-order chi connectivity index (χ0) is 16.9. The number of nitrogens with zero attached hydrogens (tertiary/aromatic N) is 4. The number of hydrogen-bond acceptors (Lipinski definition) is 4. The predicted octanol–water partition coefficient (Wildman–Crippen LogP) is 3.17. The fourth-order valence-electron chi connectivity index (χ4n) is 3.65. The fraction of sp³-hybridized carbons (Fsp3) is 0.350. The van der Waals surface area contributed by atoms with Gasteiger partial charge in [-0.2, -0.15) is 5.10 Å². The lowest BCUT2D eigenvalue weighted by atomic mass is 9.89. The number of rotatable bonds is 5. The summed E-state index contributed by atoms with van der Waals surface area (Å²) in [5, 5.41) is 7.60. The highest BCUT2D eigenvalue weighted by Crippen LogP contribution is 2.30. The van der Waals surface area contributed by atoms with Crippen molar-refractivity contribution < 1.29 is 0 Å². The van der Waals surface area contributed by atoms with Crippen LogP contribution in [0, 0.1) is 0 Å². The molecule has 0 bridgehead atoms. The molecule has 0 amide bonds. The van der Waals surface area contributed by atoms with Crippen molar-refractivity contribution in [2.24, 2.45) is 0 Å². The van der Waals surface area contributed by atoms with Crippen molar-refractivity contribution >= 4 is 0 Å². The van der Waals surface area contributed by atoms with Crippen molar-refractivity contribution in [1.82, 2.24) is 25.1 Å². The first-order chi connectivity index (χ1) is 12.4. The molecule has 0 radical (unpaired) electrons. The van der Waals surface area contributed by atoms with Crippen molar-refractivity contribution in [2.45, 2.75) is 31.7 Å². The molecular weight excluding hydrogens is 310 g/mol. The molecule has 0 spiro atoms. The third-order valence-corrected chi connectivity index (χ3v) is 5.01. The molecular formula is C20H23N5. The van der Waals surface area contributed by atoms with Crippen LogP contribution in [0.4, 0.5) is 0 Å². The van der Waals surface area contributed by atoms with Crippen LogP contribution >= 0.6 is 0 Å². The van der Waals surface area contributed by atoms with Crippen molar-refractivity contribution in [1.29, 1.82) is 0 Å². The second-order valence-corrected chi connectivity index (χ2v) is 6.72. The molecule has 0 aliphatic carbocycles. The smallest absolute Gasteiger partial charge is 0.115 e. The first-order valence-electron chi connectivity index (χ1n) is 8.92. The number of likely N-dealkylation sites (tertiary alicyclic amines) is 1. The maximum atomic E-state index is 4.33. The molecule has 2 aromatic heterocycles. The molecule has 5 heteroatoms.